The Kier molecular flexibility index (Phi) is 2.62. The largest absolute Gasteiger partial charge is 0.486 e. The van der Waals surface area contributed by atoms with Gasteiger partial charge in [-0.1, -0.05) is 6.07 Å². The molecule has 0 saturated heterocycles. The molecule has 0 aromatic heterocycles. The van der Waals surface area contributed by atoms with Crippen molar-refractivity contribution in [3.8, 4) is 11.5 Å². The van der Waals surface area contributed by atoms with Crippen molar-refractivity contribution in [3.63, 3.8) is 0 Å². The predicted molar refractivity (Wildman–Crippen MR) is 56.4 cm³/mol. The second-order valence-corrected chi connectivity index (χ2v) is 3.90. The topological polar surface area (TPSA) is 35.5 Å². The summed E-state index contributed by atoms with van der Waals surface area (Å²) in [4.78, 5) is 11.0. The maximum Gasteiger partial charge on any atom is 0.162 e. The Hall–Kier alpha value is -1.51. The molecule has 15 heavy (non-hydrogen) atoms. The molecule has 1 atom stereocenters. The molecule has 0 fully saturated rings. The summed E-state index contributed by atoms with van der Waals surface area (Å²) >= 11 is 0. The molecule has 0 bridgehead atoms. The van der Waals surface area contributed by atoms with E-state index in [4.69, 9.17) is 9.47 Å². The first-order valence-electron chi connectivity index (χ1n) is 5.07. The molecule has 2 rings (SSSR count). The van der Waals surface area contributed by atoms with Crippen LogP contribution in [0.2, 0.25) is 0 Å². The fourth-order valence-corrected chi connectivity index (χ4v) is 1.62. The van der Waals surface area contributed by atoms with E-state index in [1.54, 1.807) is 6.92 Å². The van der Waals surface area contributed by atoms with Crippen LogP contribution in [0.4, 0.5) is 0 Å². The van der Waals surface area contributed by atoms with E-state index in [2.05, 4.69) is 0 Å². The van der Waals surface area contributed by atoms with Crippen LogP contribution in [0.5, 0.6) is 11.5 Å². The molecule has 3 heteroatoms. The summed E-state index contributed by atoms with van der Waals surface area (Å²) in [6.45, 7) is 4.12. The van der Waals surface area contributed by atoms with Gasteiger partial charge in [-0.05, 0) is 31.5 Å². The van der Waals surface area contributed by atoms with Gasteiger partial charge in [0.05, 0.1) is 0 Å². The van der Waals surface area contributed by atoms with Gasteiger partial charge in [0, 0.05) is 6.42 Å². The quantitative estimate of drug-likeness (QED) is 0.742. The average molecular weight is 206 g/mol. The molecule has 3 nitrogen and oxygen atoms in total. The summed E-state index contributed by atoms with van der Waals surface area (Å²) in [5, 5.41) is 0. The van der Waals surface area contributed by atoms with Crippen molar-refractivity contribution in [2.24, 2.45) is 0 Å². The number of ether oxygens (including phenoxy) is 2. The lowest BCUT2D eigenvalue weighted by molar-refractivity contribution is -0.116. The second-order valence-electron chi connectivity index (χ2n) is 3.90. The standard InChI is InChI=1S/C12H14O3/c1-8(13)5-10-3-4-11-12(6-10)15-9(2)7-14-11/h3-4,6,9H,5,7H2,1-2H3. The zero-order chi connectivity index (χ0) is 10.8. The second kappa shape index (κ2) is 3.93. The van der Waals surface area contributed by atoms with Crippen LogP contribution in [0, 0.1) is 0 Å². The van der Waals surface area contributed by atoms with Gasteiger partial charge >= 0.3 is 0 Å². The SMILES string of the molecule is CC(=O)Cc1ccc2c(c1)OC(C)CO2. The van der Waals surface area contributed by atoms with E-state index in [9.17, 15) is 4.79 Å². The maximum atomic E-state index is 11.0. The summed E-state index contributed by atoms with van der Waals surface area (Å²) in [5.41, 5.74) is 0.971. The highest BCUT2D eigenvalue weighted by molar-refractivity contribution is 5.78. The molecular weight excluding hydrogens is 192 g/mol. The van der Waals surface area contributed by atoms with E-state index in [-0.39, 0.29) is 11.9 Å². The van der Waals surface area contributed by atoms with Crippen LogP contribution in [0.1, 0.15) is 19.4 Å². The number of fused-ring (bicyclic) bond motifs is 1. The van der Waals surface area contributed by atoms with E-state index in [1.807, 2.05) is 25.1 Å². The Balaban J connectivity index is 2.24. The van der Waals surface area contributed by atoms with Crippen LogP contribution in [-0.4, -0.2) is 18.5 Å². The van der Waals surface area contributed by atoms with Gasteiger partial charge in [-0.15, -0.1) is 0 Å². The van der Waals surface area contributed by atoms with E-state index in [0.29, 0.717) is 13.0 Å². The van der Waals surface area contributed by atoms with Crippen molar-refractivity contribution in [3.05, 3.63) is 23.8 Å². The first kappa shape index (κ1) is 10.0. The van der Waals surface area contributed by atoms with Gasteiger partial charge in [0.2, 0.25) is 0 Å². The summed E-state index contributed by atoms with van der Waals surface area (Å²) in [5.74, 6) is 1.66. The number of carbonyl (C=O) groups excluding carboxylic acids is 1. The highest BCUT2D eigenvalue weighted by Crippen LogP contribution is 2.32. The minimum atomic E-state index is 0.0741. The fraction of sp³-hybridized carbons (Fsp3) is 0.417. The number of benzene rings is 1. The van der Waals surface area contributed by atoms with Crippen LogP contribution in [0.3, 0.4) is 0 Å². The fourth-order valence-electron chi connectivity index (χ4n) is 1.62. The Bertz CT molecular complexity index is 384. The zero-order valence-corrected chi connectivity index (χ0v) is 8.95. The zero-order valence-electron chi connectivity index (χ0n) is 8.95. The molecule has 1 aromatic carbocycles. The van der Waals surface area contributed by atoms with Gasteiger partial charge in [-0.25, -0.2) is 0 Å². The van der Waals surface area contributed by atoms with Crippen LogP contribution in [-0.2, 0) is 11.2 Å². The number of ketones is 1. The van der Waals surface area contributed by atoms with Gasteiger partial charge in [0.15, 0.2) is 11.5 Å². The van der Waals surface area contributed by atoms with Gasteiger partial charge in [-0.2, -0.15) is 0 Å². The molecule has 1 aliphatic heterocycles. The van der Waals surface area contributed by atoms with Crippen LogP contribution >= 0.6 is 0 Å². The van der Waals surface area contributed by atoms with E-state index < -0.39 is 0 Å². The highest BCUT2D eigenvalue weighted by Gasteiger charge is 2.17. The van der Waals surface area contributed by atoms with Crippen molar-refractivity contribution in [2.45, 2.75) is 26.4 Å². The third-order valence-electron chi connectivity index (χ3n) is 2.26. The lowest BCUT2D eigenvalue weighted by Crippen LogP contribution is -2.25. The highest BCUT2D eigenvalue weighted by atomic mass is 16.6. The van der Waals surface area contributed by atoms with Crippen LogP contribution in [0.15, 0.2) is 18.2 Å². The number of carbonyl (C=O) groups is 1. The Labute approximate surface area is 89.0 Å². The predicted octanol–water partition coefficient (Wildman–Crippen LogP) is 1.98. The maximum absolute atomic E-state index is 11.0. The molecule has 0 saturated carbocycles. The minimum absolute atomic E-state index is 0.0741. The van der Waals surface area contributed by atoms with Crippen molar-refractivity contribution >= 4 is 5.78 Å². The molecule has 0 radical (unpaired) electrons. The van der Waals surface area contributed by atoms with Crippen molar-refractivity contribution in [1.29, 1.82) is 0 Å². The number of hydrogen-bond donors (Lipinski definition) is 0. The number of rotatable bonds is 2. The van der Waals surface area contributed by atoms with Crippen LogP contribution in [0.25, 0.3) is 0 Å². The molecule has 1 aliphatic rings. The van der Waals surface area contributed by atoms with Crippen molar-refractivity contribution in [2.75, 3.05) is 6.61 Å². The Morgan fingerprint density at radius 1 is 1.47 bits per heavy atom. The number of hydrogen-bond acceptors (Lipinski definition) is 3. The molecule has 0 spiro atoms. The van der Waals surface area contributed by atoms with Crippen molar-refractivity contribution in [1.82, 2.24) is 0 Å². The third kappa shape index (κ3) is 2.29. The van der Waals surface area contributed by atoms with E-state index in [1.165, 1.54) is 0 Å². The first-order valence-corrected chi connectivity index (χ1v) is 5.07. The normalized spacial score (nSPS) is 18.7. The summed E-state index contributed by atoms with van der Waals surface area (Å²) < 4.78 is 11.1. The van der Waals surface area contributed by atoms with Gasteiger partial charge in [0.1, 0.15) is 18.5 Å². The summed E-state index contributed by atoms with van der Waals surface area (Å²) in [6.07, 6.45) is 0.524. The minimum Gasteiger partial charge on any atom is -0.486 e. The Morgan fingerprint density at radius 3 is 3.00 bits per heavy atom. The summed E-state index contributed by atoms with van der Waals surface area (Å²) in [7, 11) is 0. The van der Waals surface area contributed by atoms with Gasteiger partial charge in [-0.3, -0.25) is 4.79 Å². The lowest BCUT2D eigenvalue weighted by Gasteiger charge is -2.24. The van der Waals surface area contributed by atoms with Crippen molar-refractivity contribution < 1.29 is 14.3 Å². The molecule has 1 heterocycles. The summed E-state index contributed by atoms with van der Waals surface area (Å²) in [6, 6.07) is 5.64. The molecular formula is C12H14O3. The third-order valence-corrected chi connectivity index (χ3v) is 2.26. The average Bonchev–Trinajstić information content (AvgIpc) is 2.16. The lowest BCUT2D eigenvalue weighted by atomic mass is 10.1. The van der Waals surface area contributed by atoms with E-state index >= 15 is 0 Å². The van der Waals surface area contributed by atoms with Gasteiger partial charge in [0.25, 0.3) is 0 Å². The monoisotopic (exact) mass is 206 g/mol. The first-order chi connectivity index (χ1) is 7.15. The smallest absolute Gasteiger partial charge is 0.162 e. The Morgan fingerprint density at radius 2 is 2.27 bits per heavy atom. The van der Waals surface area contributed by atoms with E-state index in [0.717, 1.165) is 17.1 Å². The molecule has 1 aromatic rings. The molecule has 1 unspecified atom stereocenters. The molecule has 80 valence electrons. The van der Waals surface area contributed by atoms with Crippen LogP contribution < -0.4 is 9.47 Å². The molecule has 0 N–H and O–H groups in total. The van der Waals surface area contributed by atoms with Gasteiger partial charge < -0.3 is 9.47 Å². The number of Topliss-reactive ketones (excluding diaryl/α,β-unsaturated/α-hetero) is 1. The molecule has 0 amide bonds. The molecule has 0 aliphatic carbocycles.